The molecule has 0 saturated heterocycles. The fourth-order valence-electron chi connectivity index (χ4n) is 4.34. The second-order valence-corrected chi connectivity index (χ2v) is 8.77. The number of aromatic nitrogens is 1. The lowest BCUT2D eigenvalue weighted by atomic mass is 9.93. The van der Waals surface area contributed by atoms with Crippen molar-refractivity contribution in [2.24, 2.45) is 5.73 Å². The van der Waals surface area contributed by atoms with Crippen molar-refractivity contribution >= 4 is 11.8 Å². The van der Waals surface area contributed by atoms with Crippen LogP contribution in [-0.2, 0) is 12.6 Å². The van der Waals surface area contributed by atoms with Crippen LogP contribution < -0.4 is 20.8 Å². The van der Waals surface area contributed by atoms with Crippen LogP contribution in [0.4, 0.5) is 13.2 Å². The smallest absolute Gasteiger partial charge is 0.416 e. The normalized spacial score (nSPS) is 14.8. The molecule has 11 heteroatoms. The van der Waals surface area contributed by atoms with E-state index in [0.29, 0.717) is 11.5 Å². The first kappa shape index (κ1) is 25.8. The third-order valence-corrected chi connectivity index (χ3v) is 6.02. The van der Waals surface area contributed by atoms with Crippen molar-refractivity contribution in [1.29, 1.82) is 0 Å². The molecule has 0 fully saturated rings. The minimum Gasteiger partial charge on any atom is -0.486 e. The third-order valence-electron chi connectivity index (χ3n) is 6.02. The van der Waals surface area contributed by atoms with Gasteiger partial charge in [-0.1, -0.05) is 18.2 Å². The van der Waals surface area contributed by atoms with E-state index >= 15 is 0 Å². The number of hydrogen-bond acceptors (Lipinski definition) is 5. The molecule has 2 heterocycles. The number of primary amides is 1. The molecule has 0 spiro atoms. The Morgan fingerprint density at radius 1 is 1.08 bits per heavy atom. The molecule has 2 amide bonds. The zero-order valence-electron chi connectivity index (χ0n) is 20.3. The third kappa shape index (κ3) is 4.89. The first-order chi connectivity index (χ1) is 17.4. The van der Waals surface area contributed by atoms with Gasteiger partial charge >= 0.3 is 6.18 Å². The number of ether oxygens (including phenoxy) is 2. The monoisotopic (exact) mass is 515 g/mol. The van der Waals surface area contributed by atoms with Gasteiger partial charge in [0.25, 0.3) is 17.4 Å². The summed E-state index contributed by atoms with van der Waals surface area (Å²) in [6.45, 7) is 1.50. The Kier molecular flexibility index (Phi) is 6.72. The maximum atomic E-state index is 13.6. The maximum Gasteiger partial charge on any atom is 0.416 e. The first-order valence-electron chi connectivity index (χ1n) is 11.3. The number of nitrogens with zero attached hydrogens (tertiary/aromatic N) is 2. The van der Waals surface area contributed by atoms with E-state index in [9.17, 15) is 27.6 Å². The number of alkyl halides is 3. The fourth-order valence-corrected chi connectivity index (χ4v) is 4.34. The summed E-state index contributed by atoms with van der Waals surface area (Å²) in [6.07, 6.45) is -5.43. The average Bonchev–Trinajstić information content (AvgIpc) is 2.83. The van der Waals surface area contributed by atoms with Crippen molar-refractivity contribution in [3.8, 4) is 17.2 Å². The summed E-state index contributed by atoms with van der Waals surface area (Å²) in [4.78, 5) is 40.7. The Balaban J connectivity index is 1.93. The Morgan fingerprint density at radius 3 is 2.38 bits per heavy atom. The largest absolute Gasteiger partial charge is 0.486 e. The Labute approximate surface area is 210 Å². The molecule has 1 aliphatic rings. The van der Waals surface area contributed by atoms with Gasteiger partial charge in [-0.15, -0.1) is 0 Å². The number of hydrogen-bond donors (Lipinski definition) is 1. The zero-order chi connectivity index (χ0) is 27.1. The summed E-state index contributed by atoms with van der Waals surface area (Å²) >= 11 is 0. The lowest BCUT2D eigenvalue weighted by molar-refractivity contribution is -0.137. The molecular weight excluding hydrogens is 491 g/mol. The second kappa shape index (κ2) is 9.64. The number of rotatable bonds is 5. The fraction of sp³-hybridized carbons (Fsp3) is 0.269. The Hall–Kier alpha value is -4.28. The molecule has 1 unspecified atom stereocenters. The molecular formula is C26H24F3N3O5. The molecule has 37 heavy (non-hydrogen) atoms. The summed E-state index contributed by atoms with van der Waals surface area (Å²) in [5, 5.41) is 0. The number of halogens is 3. The minimum atomic E-state index is -4.67. The molecule has 2 N–H and O–H groups in total. The molecule has 1 aromatic heterocycles. The van der Waals surface area contributed by atoms with Crippen LogP contribution in [0.2, 0.25) is 0 Å². The Bertz CT molecular complexity index is 1450. The van der Waals surface area contributed by atoms with Gasteiger partial charge in [0.2, 0.25) is 0 Å². The molecule has 4 rings (SSSR count). The molecule has 1 atom stereocenters. The van der Waals surface area contributed by atoms with E-state index in [1.165, 1.54) is 32.0 Å². The van der Waals surface area contributed by atoms with Gasteiger partial charge in [0, 0.05) is 31.9 Å². The van der Waals surface area contributed by atoms with Crippen molar-refractivity contribution in [1.82, 2.24) is 9.47 Å². The predicted molar refractivity (Wildman–Crippen MR) is 128 cm³/mol. The quantitative estimate of drug-likeness (QED) is 0.562. The standard InChI is InChI=1S/C26H24F3N3O5/c1-14-21(24(34)31(2)3)18(12-17-13-36-19-9-4-5-10-20(19)37-17)22(23(30)33)25(35)32(14)16-8-6-7-15(11-16)26(27,28)29/h4-11,17H,12-13H2,1-3H3,(H2,30,33). The minimum absolute atomic E-state index is 0.0294. The Morgan fingerprint density at radius 2 is 1.76 bits per heavy atom. The number of carbonyl (C=O) groups excluding carboxylic acids is 2. The van der Waals surface area contributed by atoms with Crippen LogP contribution in [0.3, 0.4) is 0 Å². The van der Waals surface area contributed by atoms with Gasteiger partial charge < -0.3 is 20.1 Å². The topological polar surface area (TPSA) is 104 Å². The van der Waals surface area contributed by atoms with Gasteiger partial charge in [0.1, 0.15) is 18.3 Å². The van der Waals surface area contributed by atoms with Crippen LogP contribution in [0.1, 0.15) is 37.5 Å². The van der Waals surface area contributed by atoms with Crippen LogP contribution in [0.5, 0.6) is 11.5 Å². The molecule has 2 aromatic carbocycles. The summed E-state index contributed by atoms with van der Waals surface area (Å²) in [7, 11) is 2.96. The van der Waals surface area contributed by atoms with E-state index in [1.54, 1.807) is 24.3 Å². The van der Waals surface area contributed by atoms with Crippen molar-refractivity contribution in [2.45, 2.75) is 25.6 Å². The lowest BCUT2D eigenvalue weighted by Gasteiger charge is -2.28. The van der Waals surface area contributed by atoms with Gasteiger partial charge in [-0.05, 0) is 42.8 Å². The summed E-state index contributed by atoms with van der Waals surface area (Å²) in [6, 6.07) is 11.0. The van der Waals surface area contributed by atoms with Crippen LogP contribution in [0.15, 0.2) is 53.3 Å². The number of carbonyl (C=O) groups is 2. The van der Waals surface area contributed by atoms with Gasteiger partial charge in [-0.25, -0.2) is 0 Å². The average molecular weight is 515 g/mol. The molecule has 3 aromatic rings. The van der Waals surface area contributed by atoms with E-state index in [0.717, 1.165) is 22.8 Å². The van der Waals surface area contributed by atoms with Crippen LogP contribution >= 0.6 is 0 Å². The van der Waals surface area contributed by atoms with Crippen LogP contribution in [-0.4, -0.2) is 48.1 Å². The van der Waals surface area contributed by atoms with Gasteiger partial charge in [-0.2, -0.15) is 13.2 Å². The summed E-state index contributed by atoms with van der Waals surface area (Å²) in [5.74, 6) is -0.706. The highest BCUT2D eigenvalue weighted by molar-refractivity contribution is 6.02. The zero-order valence-corrected chi connectivity index (χ0v) is 20.3. The SMILES string of the molecule is Cc1c(C(=O)N(C)C)c(CC2COc3ccccc3O2)c(C(N)=O)c(=O)n1-c1cccc(C(F)(F)F)c1. The van der Waals surface area contributed by atoms with Crippen molar-refractivity contribution in [3.63, 3.8) is 0 Å². The number of para-hydroxylation sites is 2. The summed E-state index contributed by atoms with van der Waals surface area (Å²) < 4.78 is 52.8. The number of benzene rings is 2. The predicted octanol–water partition coefficient (Wildman–Crippen LogP) is 3.35. The highest BCUT2D eigenvalue weighted by Gasteiger charge is 2.33. The van der Waals surface area contributed by atoms with E-state index < -0.39 is 40.8 Å². The number of fused-ring (bicyclic) bond motifs is 1. The highest BCUT2D eigenvalue weighted by atomic mass is 19.4. The van der Waals surface area contributed by atoms with E-state index in [2.05, 4.69) is 0 Å². The van der Waals surface area contributed by atoms with E-state index in [1.807, 2.05) is 0 Å². The molecule has 0 aliphatic carbocycles. The lowest BCUT2D eigenvalue weighted by Crippen LogP contribution is -2.39. The first-order valence-corrected chi connectivity index (χ1v) is 11.3. The highest BCUT2D eigenvalue weighted by Crippen LogP contribution is 2.33. The van der Waals surface area contributed by atoms with Gasteiger partial charge in [0.15, 0.2) is 11.5 Å². The van der Waals surface area contributed by atoms with E-state index in [-0.39, 0.29) is 35.5 Å². The summed E-state index contributed by atoms with van der Waals surface area (Å²) in [5.41, 5.74) is 3.09. The number of pyridine rings is 1. The van der Waals surface area contributed by atoms with Gasteiger partial charge in [-0.3, -0.25) is 19.0 Å². The van der Waals surface area contributed by atoms with Crippen LogP contribution in [0, 0.1) is 6.92 Å². The maximum absolute atomic E-state index is 13.6. The molecule has 194 valence electrons. The van der Waals surface area contributed by atoms with E-state index in [4.69, 9.17) is 15.2 Å². The van der Waals surface area contributed by atoms with Crippen molar-refractivity contribution in [3.05, 3.63) is 86.8 Å². The van der Waals surface area contributed by atoms with Crippen molar-refractivity contribution < 1.29 is 32.2 Å². The number of amides is 2. The molecule has 0 saturated carbocycles. The molecule has 8 nitrogen and oxygen atoms in total. The van der Waals surface area contributed by atoms with Crippen LogP contribution in [0.25, 0.3) is 5.69 Å². The van der Waals surface area contributed by atoms with Crippen molar-refractivity contribution in [2.75, 3.05) is 20.7 Å². The van der Waals surface area contributed by atoms with Gasteiger partial charge in [0.05, 0.1) is 11.1 Å². The molecule has 0 radical (unpaired) electrons. The number of nitrogens with two attached hydrogens (primary N) is 1. The second-order valence-electron chi connectivity index (χ2n) is 8.77. The molecule has 1 aliphatic heterocycles. The molecule has 0 bridgehead atoms.